The molecule has 2 fully saturated rings. The molecule has 2 nitrogen and oxygen atoms in total. The molecule has 20 heavy (non-hydrogen) atoms. The summed E-state index contributed by atoms with van der Waals surface area (Å²) in [4.78, 5) is 12.7. The summed E-state index contributed by atoms with van der Waals surface area (Å²) in [6, 6.07) is 5.43. The highest BCUT2D eigenvalue weighted by Gasteiger charge is 2.42. The molecule has 0 N–H and O–H groups in total. The van der Waals surface area contributed by atoms with Crippen LogP contribution in [0.4, 0.5) is 0 Å². The summed E-state index contributed by atoms with van der Waals surface area (Å²) in [7, 11) is 0. The van der Waals surface area contributed by atoms with Gasteiger partial charge in [0.25, 0.3) is 0 Å². The summed E-state index contributed by atoms with van der Waals surface area (Å²) in [5.41, 5.74) is 0.649. The van der Waals surface area contributed by atoms with Crippen LogP contribution in [0.15, 0.2) is 22.7 Å². The molecule has 2 atom stereocenters. The number of carbonyl (C=O) groups is 1. The van der Waals surface area contributed by atoms with Gasteiger partial charge in [0.1, 0.15) is 0 Å². The van der Waals surface area contributed by atoms with Gasteiger partial charge in [-0.3, -0.25) is 4.79 Å². The fraction of sp³-hybridized carbons (Fsp3) is 0.533. The number of benzene rings is 1. The Morgan fingerprint density at radius 1 is 1.45 bits per heavy atom. The summed E-state index contributed by atoms with van der Waals surface area (Å²) >= 11 is 11.4. The molecule has 0 radical (unpaired) electrons. The number of hydrogen-bond acceptors (Lipinski definition) is 3. The molecule has 1 spiro atoms. The summed E-state index contributed by atoms with van der Waals surface area (Å²) in [5.74, 6) is 2.43. The molecule has 108 valence electrons. The van der Waals surface area contributed by atoms with Crippen LogP contribution in [-0.2, 0) is 4.74 Å². The monoisotopic (exact) mass is 374 g/mol. The first kappa shape index (κ1) is 14.9. The predicted octanol–water partition coefficient (Wildman–Crippen LogP) is 4.59. The van der Waals surface area contributed by atoms with Crippen LogP contribution in [0.3, 0.4) is 0 Å². The molecule has 0 aliphatic carbocycles. The number of rotatable bonds is 2. The van der Waals surface area contributed by atoms with E-state index in [1.54, 1.807) is 12.1 Å². The maximum atomic E-state index is 12.7. The topological polar surface area (TPSA) is 26.3 Å². The smallest absolute Gasteiger partial charge is 0.166 e. The predicted molar refractivity (Wildman–Crippen MR) is 86.8 cm³/mol. The number of thioether (sulfide) groups is 1. The van der Waals surface area contributed by atoms with Crippen molar-refractivity contribution in [3.8, 4) is 0 Å². The normalized spacial score (nSPS) is 29.8. The van der Waals surface area contributed by atoms with Gasteiger partial charge in [-0.15, -0.1) is 0 Å². The van der Waals surface area contributed by atoms with Crippen molar-refractivity contribution in [2.24, 2.45) is 5.92 Å². The Hall–Kier alpha value is -0.0300. The van der Waals surface area contributed by atoms with E-state index in [0.29, 0.717) is 17.2 Å². The first-order valence-corrected chi connectivity index (χ1v) is 9.13. The van der Waals surface area contributed by atoms with Gasteiger partial charge in [0.05, 0.1) is 5.60 Å². The molecule has 0 aromatic heterocycles. The van der Waals surface area contributed by atoms with Gasteiger partial charge in [0, 0.05) is 33.3 Å². The lowest BCUT2D eigenvalue weighted by Crippen LogP contribution is -2.42. The molecule has 2 aliphatic heterocycles. The molecule has 1 aromatic carbocycles. The molecule has 0 bridgehead atoms. The molecular weight excluding hydrogens is 360 g/mol. The fourth-order valence-electron chi connectivity index (χ4n) is 3.05. The summed E-state index contributed by atoms with van der Waals surface area (Å²) in [6.07, 6.45) is 2.74. The van der Waals surface area contributed by atoms with E-state index in [9.17, 15) is 4.79 Å². The summed E-state index contributed by atoms with van der Waals surface area (Å²) < 4.78 is 6.84. The highest BCUT2D eigenvalue weighted by molar-refractivity contribution is 9.10. The Kier molecular flexibility index (Phi) is 4.46. The van der Waals surface area contributed by atoms with Crippen LogP contribution in [0.25, 0.3) is 0 Å². The Balaban J connectivity index is 1.79. The van der Waals surface area contributed by atoms with E-state index >= 15 is 0 Å². The number of carbonyl (C=O) groups excluding carboxylic acids is 1. The largest absolute Gasteiger partial charge is 0.374 e. The number of hydrogen-bond donors (Lipinski definition) is 0. The molecular formula is C15H16BrClO2S. The van der Waals surface area contributed by atoms with Gasteiger partial charge >= 0.3 is 0 Å². The van der Waals surface area contributed by atoms with E-state index in [0.717, 1.165) is 35.2 Å². The molecule has 2 aliphatic rings. The van der Waals surface area contributed by atoms with E-state index in [4.69, 9.17) is 16.3 Å². The molecule has 2 heterocycles. The second kappa shape index (κ2) is 5.99. The van der Waals surface area contributed by atoms with Gasteiger partial charge in [-0.05, 0) is 43.2 Å². The zero-order valence-electron chi connectivity index (χ0n) is 11.0. The van der Waals surface area contributed by atoms with Crippen LogP contribution in [0, 0.1) is 5.92 Å². The molecule has 2 unspecified atom stereocenters. The number of halogens is 2. The maximum Gasteiger partial charge on any atom is 0.166 e. The van der Waals surface area contributed by atoms with Crippen LogP contribution in [0.5, 0.6) is 0 Å². The Bertz CT molecular complexity index is 508. The van der Waals surface area contributed by atoms with Gasteiger partial charge < -0.3 is 4.74 Å². The second-order valence-corrected chi connectivity index (χ2v) is 8.00. The van der Waals surface area contributed by atoms with E-state index < -0.39 is 0 Å². The Labute approximate surface area is 136 Å². The quantitative estimate of drug-likeness (QED) is 0.707. The van der Waals surface area contributed by atoms with Crippen molar-refractivity contribution in [2.75, 3.05) is 18.1 Å². The number of Topliss-reactive ketones (excluding diaryl/α,β-unsaturated/α-hetero) is 1. The van der Waals surface area contributed by atoms with Gasteiger partial charge in [0.15, 0.2) is 5.78 Å². The zero-order valence-corrected chi connectivity index (χ0v) is 14.2. The SMILES string of the molecule is O=C(c1cc(Cl)cc(Br)c1)C1CCOC2(CCSC2)C1. The molecule has 3 rings (SSSR count). The van der Waals surface area contributed by atoms with Crippen LogP contribution >= 0.6 is 39.3 Å². The van der Waals surface area contributed by atoms with Crippen molar-refractivity contribution in [3.63, 3.8) is 0 Å². The van der Waals surface area contributed by atoms with Gasteiger partial charge in [-0.2, -0.15) is 11.8 Å². The molecule has 1 aromatic rings. The van der Waals surface area contributed by atoms with Gasteiger partial charge in [-0.25, -0.2) is 0 Å². The van der Waals surface area contributed by atoms with Crippen molar-refractivity contribution in [2.45, 2.75) is 24.9 Å². The fourth-order valence-corrected chi connectivity index (χ4v) is 5.29. The minimum Gasteiger partial charge on any atom is -0.374 e. The lowest BCUT2D eigenvalue weighted by molar-refractivity contribution is -0.0734. The lowest BCUT2D eigenvalue weighted by atomic mass is 9.81. The van der Waals surface area contributed by atoms with Crippen LogP contribution < -0.4 is 0 Å². The molecule has 0 amide bonds. The third-order valence-electron chi connectivity index (χ3n) is 4.08. The molecule has 2 saturated heterocycles. The zero-order chi connectivity index (χ0) is 14.2. The van der Waals surface area contributed by atoms with Crippen molar-refractivity contribution in [3.05, 3.63) is 33.3 Å². The van der Waals surface area contributed by atoms with Crippen molar-refractivity contribution in [1.82, 2.24) is 0 Å². The highest BCUT2D eigenvalue weighted by atomic mass is 79.9. The van der Waals surface area contributed by atoms with Crippen molar-refractivity contribution >= 4 is 45.1 Å². The minimum atomic E-state index is -0.0565. The maximum absolute atomic E-state index is 12.7. The summed E-state index contributed by atoms with van der Waals surface area (Å²) in [5, 5.41) is 0.598. The third-order valence-corrected chi connectivity index (χ3v) is 5.98. The van der Waals surface area contributed by atoms with Crippen LogP contribution in [0.1, 0.15) is 29.6 Å². The first-order chi connectivity index (χ1) is 9.58. The third kappa shape index (κ3) is 3.08. The average molecular weight is 376 g/mol. The summed E-state index contributed by atoms with van der Waals surface area (Å²) in [6.45, 7) is 0.693. The van der Waals surface area contributed by atoms with Crippen LogP contribution in [-0.4, -0.2) is 29.5 Å². The van der Waals surface area contributed by atoms with Gasteiger partial charge in [0.2, 0.25) is 0 Å². The molecule has 0 saturated carbocycles. The second-order valence-electron chi connectivity index (χ2n) is 5.55. The van der Waals surface area contributed by atoms with E-state index in [2.05, 4.69) is 15.9 Å². The highest BCUT2D eigenvalue weighted by Crippen LogP contribution is 2.41. The first-order valence-electron chi connectivity index (χ1n) is 6.80. The van der Waals surface area contributed by atoms with Crippen molar-refractivity contribution in [1.29, 1.82) is 0 Å². The number of ketones is 1. The van der Waals surface area contributed by atoms with Crippen molar-refractivity contribution < 1.29 is 9.53 Å². The van der Waals surface area contributed by atoms with Gasteiger partial charge in [-0.1, -0.05) is 27.5 Å². The number of ether oxygens (including phenoxy) is 1. The lowest BCUT2D eigenvalue weighted by Gasteiger charge is -2.37. The van der Waals surface area contributed by atoms with Crippen LogP contribution in [0.2, 0.25) is 5.02 Å². The van der Waals surface area contributed by atoms with E-state index in [1.165, 1.54) is 0 Å². The standard InChI is InChI=1S/C15H16BrClO2S/c16-12-5-11(6-13(17)7-12)14(18)10-1-3-19-15(8-10)2-4-20-9-15/h5-7,10H,1-4,8-9H2. The molecule has 5 heteroatoms. The van der Waals surface area contributed by atoms with E-state index in [1.807, 2.05) is 17.8 Å². The minimum absolute atomic E-state index is 0.0565. The Morgan fingerprint density at radius 2 is 2.30 bits per heavy atom. The van der Waals surface area contributed by atoms with E-state index in [-0.39, 0.29) is 17.3 Å². The Morgan fingerprint density at radius 3 is 3.00 bits per heavy atom. The average Bonchev–Trinajstić information content (AvgIpc) is 2.85.